The molecule has 1 N–H and O–H groups in total. The second kappa shape index (κ2) is 7.45. The number of carbonyl (C=O) groups is 1. The number of carbonyl (C=O) groups excluding carboxylic acids is 1. The van der Waals surface area contributed by atoms with Gasteiger partial charge in [-0.2, -0.15) is 13.2 Å². The maximum absolute atomic E-state index is 12.8. The number of hydrogen-bond donors (Lipinski definition) is 1. The minimum Gasteiger partial charge on any atom is -0.481 e. The van der Waals surface area contributed by atoms with Crippen molar-refractivity contribution in [3.8, 4) is 17.1 Å². The number of aromatic nitrogens is 2. The molecule has 2 aromatic heterocycles. The fourth-order valence-corrected chi connectivity index (χ4v) is 2.34. The van der Waals surface area contributed by atoms with Crippen LogP contribution >= 0.6 is 0 Å². The highest BCUT2D eigenvalue weighted by Crippen LogP contribution is 2.31. The van der Waals surface area contributed by atoms with E-state index in [2.05, 4.69) is 15.3 Å². The van der Waals surface area contributed by atoms with Crippen LogP contribution in [-0.2, 0) is 6.18 Å². The van der Waals surface area contributed by atoms with Gasteiger partial charge in [0.05, 0.1) is 30.3 Å². The average molecular weight is 373 g/mol. The number of amides is 1. The van der Waals surface area contributed by atoms with Gasteiger partial charge in [0, 0.05) is 23.4 Å². The van der Waals surface area contributed by atoms with Crippen LogP contribution in [0.4, 0.5) is 18.9 Å². The van der Waals surface area contributed by atoms with E-state index in [4.69, 9.17) is 4.74 Å². The molecule has 0 aliphatic heterocycles. The van der Waals surface area contributed by atoms with Gasteiger partial charge in [0.25, 0.3) is 5.91 Å². The van der Waals surface area contributed by atoms with Crippen LogP contribution in [0.1, 0.15) is 15.9 Å². The van der Waals surface area contributed by atoms with Crippen LogP contribution in [0.25, 0.3) is 11.3 Å². The number of halogens is 3. The van der Waals surface area contributed by atoms with Gasteiger partial charge < -0.3 is 10.1 Å². The summed E-state index contributed by atoms with van der Waals surface area (Å²) in [4.78, 5) is 20.2. The molecular weight excluding hydrogens is 359 g/mol. The van der Waals surface area contributed by atoms with Crippen LogP contribution in [0.3, 0.4) is 0 Å². The van der Waals surface area contributed by atoms with Crippen molar-refractivity contribution in [3.05, 3.63) is 72.1 Å². The lowest BCUT2D eigenvalue weighted by molar-refractivity contribution is -0.137. The van der Waals surface area contributed by atoms with E-state index >= 15 is 0 Å². The molecule has 0 spiro atoms. The van der Waals surface area contributed by atoms with E-state index in [-0.39, 0.29) is 11.6 Å². The van der Waals surface area contributed by atoms with Crippen LogP contribution in [0.2, 0.25) is 0 Å². The number of benzene rings is 1. The summed E-state index contributed by atoms with van der Waals surface area (Å²) in [5.74, 6) is 0.0523. The Labute approximate surface area is 152 Å². The third kappa shape index (κ3) is 4.41. The number of alkyl halides is 3. The van der Waals surface area contributed by atoms with Crippen molar-refractivity contribution in [2.45, 2.75) is 6.18 Å². The third-order valence-electron chi connectivity index (χ3n) is 3.73. The fourth-order valence-electron chi connectivity index (χ4n) is 2.34. The molecule has 0 unspecified atom stereocenters. The van der Waals surface area contributed by atoms with Crippen LogP contribution in [0.5, 0.6) is 5.88 Å². The van der Waals surface area contributed by atoms with Gasteiger partial charge in [-0.25, -0.2) is 4.98 Å². The molecule has 1 amide bonds. The highest BCUT2D eigenvalue weighted by molar-refractivity contribution is 6.04. The summed E-state index contributed by atoms with van der Waals surface area (Å²) >= 11 is 0. The number of anilines is 1. The predicted octanol–water partition coefficient (Wildman–Crippen LogP) is 4.42. The first-order valence-corrected chi connectivity index (χ1v) is 7.82. The zero-order chi connectivity index (χ0) is 19.4. The predicted molar refractivity (Wildman–Crippen MR) is 93.4 cm³/mol. The highest BCUT2D eigenvalue weighted by Gasteiger charge is 2.30. The summed E-state index contributed by atoms with van der Waals surface area (Å²) in [6.45, 7) is 0. The Morgan fingerprint density at radius 3 is 2.37 bits per heavy atom. The minimum absolute atomic E-state index is 0.177. The Bertz CT molecular complexity index is 940. The standard InChI is InChI=1S/C19H14F3N3O2/c1-27-17-7-6-15(11-24-17)25-18(26)13-4-2-12(3-5-13)16-10-14(8-9-23-16)19(20,21)22/h2-11H,1H3,(H,25,26). The van der Waals surface area contributed by atoms with Gasteiger partial charge in [0.2, 0.25) is 5.88 Å². The Kier molecular flexibility index (Phi) is 5.07. The number of methoxy groups -OCH3 is 1. The van der Waals surface area contributed by atoms with Gasteiger partial charge in [-0.1, -0.05) is 12.1 Å². The maximum atomic E-state index is 12.8. The Balaban J connectivity index is 1.75. The monoisotopic (exact) mass is 373 g/mol. The zero-order valence-corrected chi connectivity index (χ0v) is 14.1. The lowest BCUT2D eigenvalue weighted by Crippen LogP contribution is -2.12. The molecule has 5 nitrogen and oxygen atoms in total. The molecule has 0 fully saturated rings. The quantitative estimate of drug-likeness (QED) is 0.735. The van der Waals surface area contributed by atoms with Gasteiger partial charge in [-0.05, 0) is 30.3 Å². The third-order valence-corrected chi connectivity index (χ3v) is 3.73. The van der Waals surface area contributed by atoms with E-state index in [0.29, 0.717) is 22.7 Å². The Morgan fingerprint density at radius 1 is 1.04 bits per heavy atom. The van der Waals surface area contributed by atoms with Crippen LogP contribution < -0.4 is 10.1 Å². The molecule has 27 heavy (non-hydrogen) atoms. The van der Waals surface area contributed by atoms with Crippen molar-refractivity contribution >= 4 is 11.6 Å². The summed E-state index contributed by atoms with van der Waals surface area (Å²) < 4.78 is 43.4. The van der Waals surface area contributed by atoms with Gasteiger partial charge >= 0.3 is 6.18 Å². The van der Waals surface area contributed by atoms with Crippen molar-refractivity contribution in [2.75, 3.05) is 12.4 Å². The first-order valence-electron chi connectivity index (χ1n) is 7.82. The topological polar surface area (TPSA) is 64.1 Å². The van der Waals surface area contributed by atoms with Crippen molar-refractivity contribution in [1.29, 1.82) is 0 Å². The molecule has 0 aliphatic carbocycles. The molecule has 0 saturated carbocycles. The van der Waals surface area contributed by atoms with E-state index in [1.165, 1.54) is 25.4 Å². The summed E-state index contributed by atoms with van der Waals surface area (Å²) in [5, 5.41) is 2.68. The number of nitrogens with zero attached hydrogens (tertiary/aromatic N) is 2. The molecule has 1 aromatic carbocycles. The van der Waals surface area contributed by atoms with Crippen molar-refractivity contribution in [2.24, 2.45) is 0 Å². The van der Waals surface area contributed by atoms with Crippen molar-refractivity contribution in [3.63, 3.8) is 0 Å². The van der Waals surface area contributed by atoms with Gasteiger partial charge in [0.1, 0.15) is 0 Å². The summed E-state index contributed by atoms with van der Waals surface area (Å²) in [7, 11) is 1.49. The molecule has 0 aliphatic rings. The lowest BCUT2D eigenvalue weighted by Gasteiger charge is -2.09. The van der Waals surface area contributed by atoms with Gasteiger partial charge in [-0.3, -0.25) is 9.78 Å². The van der Waals surface area contributed by atoms with Gasteiger partial charge in [-0.15, -0.1) is 0 Å². The molecule has 138 valence electrons. The van der Waals surface area contributed by atoms with E-state index < -0.39 is 11.7 Å². The molecule has 8 heteroatoms. The zero-order valence-electron chi connectivity index (χ0n) is 14.1. The highest BCUT2D eigenvalue weighted by atomic mass is 19.4. The maximum Gasteiger partial charge on any atom is 0.416 e. The summed E-state index contributed by atoms with van der Waals surface area (Å²) in [6, 6.07) is 11.3. The van der Waals surface area contributed by atoms with Crippen molar-refractivity contribution in [1.82, 2.24) is 9.97 Å². The molecule has 3 rings (SSSR count). The molecule has 2 heterocycles. The second-order valence-corrected chi connectivity index (χ2v) is 5.55. The molecule has 3 aromatic rings. The number of pyridine rings is 2. The molecule has 0 bridgehead atoms. The van der Waals surface area contributed by atoms with E-state index in [1.54, 1.807) is 24.3 Å². The van der Waals surface area contributed by atoms with Crippen LogP contribution in [-0.4, -0.2) is 23.0 Å². The van der Waals surface area contributed by atoms with Crippen molar-refractivity contribution < 1.29 is 22.7 Å². The molecule has 0 atom stereocenters. The number of ether oxygens (including phenoxy) is 1. The fraction of sp³-hybridized carbons (Fsp3) is 0.105. The minimum atomic E-state index is -4.44. The number of nitrogens with one attached hydrogen (secondary N) is 1. The Hall–Kier alpha value is -3.42. The first-order chi connectivity index (χ1) is 12.9. The largest absolute Gasteiger partial charge is 0.481 e. The second-order valence-electron chi connectivity index (χ2n) is 5.55. The number of hydrogen-bond acceptors (Lipinski definition) is 4. The van der Waals surface area contributed by atoms with Crippen LogP contribution in [0, 0.1) is 0 Å². The molecular formula is C19H14F3N3O2. The van der Waals surface area contributed by atoms with Gasteiger partial charge in [0.15, 0.2) is 0 Å². The summed E-state index contributed by atoms with van der Waals surface area (Å²) in [6.07, 6.45) is -1.88. The van der Waals surface area contributed by atoms with E-state index in [9.17, 15) is 18.0 Å². The normalized spacial score (nSPS) is 11.1. The molecule has 0 radical (unpaired) electrons. The smallest absolute Gasteiger partial charge is 0.416 e. The SMILES string of the molecule is COc1ccc(NC(=O)c2ccc(-c3cc(C(F)(F)F)ccn3)cc2)cn1. The lowest BCUT2D eigenvalue weighted by atomic mass is 10.1. The summed E-state index contributed by atoms with van der Waals surface area (Å²) in [5.41, 5.74) is 0.715. The van der Waals surface area contributed by atoms with E-state index in [0.717, 1.165) is 18.3 Å². The van der Waals surface area contributed by atoms with Crippen LogP contribution in [0.15, 0.2) is 60.9 Å². The number of rotatable bonds is 4. The Morgan fingerprint density at radius 2 is 1.78 bits per heavy atom. The average Bonchev–Trinajstić information content (AvgIpc) is 2.68. The molecule has 0 saturated heterocycles. The van der Waals surface area contributed by atoms with E-state index in [1.807, 2.05) is 0 Å². The first kappa shape index (κ1) is 18.4.